The fourth-order valence-corrected chi connectivity index (χ4v) is 1.70. The van der Waals surface area contributed by atoms with Crippen molar-refractivity contribution in [3.63, 3.8) is 0 Å². The average molecular weight is 263 g/mol. The van der Waals surface area contributed by atoms with E-state index in [-0.39, 0.29) is 6.04 Å². The van der Waals surface area contributed by atoms with Crippen LogP contribution in [-0.2, 0) is 0 Å². The molecule has 0 amide bonds. The number of pyridine rings is 1. The Morgan fingerprint density at radius 1 is 1.22 bits per heavy atom. The number of ether oxygens (including phenoxy) is 1. The van der Waals surface area contributed by atoms with E-state index in [1.54, 1.807) is 12.3 Å². The highest BCUT2D eigenvalue weighted by Gasteiger charge is 2.04. The number of halogens is 1. The minimum Gasteiger partial charge on any atom is -0.456 e. The fourth-order valence-electron chi connectivity index (χ4n) is 1.52. The summed E-state index contributed by atoms with van der Waals surface area (Å²) in [6.45, 7) is 2.06. The van der Waals surface area contributed by atoms with Crippen LogP contribution in [0.5, 0.6) is 11.5 Å². The van der Waals surface area contributed by atoms with Gasteiger partial charge in [0.15, 0.2) is 0 Å². The van der Waals surface area contributed by atoms with E-state index < -0.39 is 0 Å². The third kappa shape index (κ3) is 3.22. The Hall–Kier alpha value is -1.58. The summed E-state index contributed by atoms with van der Waals surface area (Å²) in [5, 5.41) is 3.79. The maximum atomic E-state index is 5.89. The lowest BCUT2D eigenvalue weighted by Gasteiger charge is -2.10. The molecule has 0 bridgehead atoms. The van der Waals surface area contributed by atoms with Crippen LogP contribution in [0.4, 0.5) is 0 Å². The van der Waals surface area contributed by atoms with Crippen LogP contribution < -0.4 is 10.1 Å². The molecule has 1 N–H and O–H groups in total. The fraction of sp³-hybridized carbons (Fsp3) is 0.214. The van der Waals surface area contributed by atoms with E-state index in [1.165, 1.54) is 0 Å². The van der Waals surface area contributed by atoms with Crippen molar-refractivity contribution in [3.05, 3.63) is 53.3 Å². The molecule has 0 fully saturated rings. The third-order valence-corrected chi connectivity index (χ3v) is 2.90. The molecule has 1 unspecified atom stereocenters. The molecule has 0 spiro atoms. The normalized spacial score (nSPS) is 12.2. The third-order valence-electron chi connectivity index (χ3n) is 2.67. The summed E-state index contributed by atoms with van der Waals surface area (Å²) in [6, 6.07) is 11.4. The van der Waals surface area contributed by atoms with Crippen molar-refractivity contribution in [2.45, 2.75) is 13.0 Å². The van der Waals surface area contributed by atoms with Gasteiger partial charge in [-0.1, -0.05) is 17.7 Å². The molecule has 0 aliphatic rings. The van der Waals surface area contributed by atoms with Gasteiger partial charge in [-0.2, -0.15) is 0 Å². The molecule has 0 radical (unpaired) electrons. The molecule has 1 aromatic carbocycles. The number of hydrogen-bond acceptors (Lipinski definition) is 3. The molecule has 1 heterocycles. The van der Waals surface area contributed by atoms with Gasteiger partial charge in [-0.15, -0.1) is 0 Å². The molecule has 18 heavy (non-hydrogen) atoms. The number of benzene rings is 1. The molecule has 2 aromatic rings. The second-order valence-corrected chi connectivity index (χ2v) is 4.43. The average Bonchev–Trinajstić information content (AvgIpc) is 2.39. The summed E-state index contributed by atoms with van der Waals surface area (Å²) in [7, 11) is 1.91. The van der Waals surface area contributed by atoms with Gasteiger partial charge in [0.05, 0.1) is 11.9 Å². The highest BCUT2D eigenvalue weighted by Crippen LogP contribution is 2.24. The first-order valence-corrected chi connectivity index (χ1v) is 6.13. The zero-order valence-electron chi connectivity index (χ0n) is 10.4. The van der Waals surface area contributed by atoms with E-state index in [4.69, 9.17) is 16.3 Å². The molecule has 4 heteroatoms. The quantitative estimate of drug-likeness (QED) is 0.910. The van der Waals surface area contributed by atoms with E-state index in [1.807, 2.05) is 37.4 Å². The lowest BCUT2D eigenvalue weighted by Crippen LogP contribution is -2.13. The van der Waals surface area contributed by atoms with Crippen LogP contribution in [0.2, 0.25) is 5.02 Å². The minimum absolute atomic E-state index is 0.227. The topological polar surface area (TPSA) is 34.1 Å². The first-order valence-electron chi connectivity index (χ1n) is 5.75. The van der Waals surface area contributed by atoms with E-state index in [0.29, 0.717) is 16.5 Å². The van der Waals surface area contributed by atoms with Gasteiger partial charge in [0.25, 0.3) is 0 Å². The van der Waals surface area contributed by atoms with Gasteiger partial charge in [0.1, 0.15) is 11.5 Å². The van der Waals surface area contributed by atoms with Gasteiger partial charge < -0.3 is 10.1 Å². The van der Waals surface area contributed by atoms with Crippen LogP contribution >= 0.6 is 11.6 Å². The number of hydrogen-bond donors (Lipinski definition) is 1. The minimum atomic E-state index is 0.227. The first kappa shape index (κ1) is 12.9. The smallest absolute Gasteiger partial charge is 0.145 e. The molecular formula is C14H15ClN2O. The van der Waals surface area contributed by atoms with Crippen molar-refractivity contribution in [1.29, 1.82) is 0 Å². The van der Waals surface area contributed by atoms with Crippen molar-refractivity contribution in [1.82, 2.24) is 10.3 Å². The molecule has 0 saturated carbocycles. The monoisotopic (exact) mass is 262 g/mol. The predicted octanol–water partition coefficient (Wildman–Crippen LogP) is 3.81. The Kier molecular flexibility index (Phi) is 4.18. The number of nitrogens with zero attached hydrogens (tertiary/aromatic N) is 1. The summed E-state index contributed by atoms with van der Waals surface area (Å²) < 4.78 is 5.66. The maximum absolute atomic E-state index is 5.89. The zero-order chi connectivity index (χ0) is 13.0. The summed E-state index contributed by atoms with van der Waals surface area (Å²) in [5.41, 5.74) is 0.982. The van der Waals surface area contributed by atoms with Gasteiger partial charge in [0.2, 0.25) is 0 Å². The van der Waals surface area contributed by atoms with Gasteiger partial charge in [-0.25, -0.2) is 0 Å². The van der Waals surface area contributed by atoms with Crippen molar-refractivity contribution < 1.29 is 4.74 Å². The Morgan fingerprint density at radius 3 is 2.67 bits per heavy atom. The Morgan fingerprint density at radius 2 is 2.06 bits per heavy atom. The predicted molar refractivity (Wildman–Crippen MR) is 73.2 cm³/mol. The molecule has 0 saturated heterocycles. The second kappa shape index (κ2) is 5.85. The van der Waals surface area contributed by atoms with Crippen molar-refractivity contribution in [3.8, 4) is 11.5 Å². The zero-order valence-corrected chi connectivity index (χ0v) is 11.1. The van der Waals surface area contributed by atoms with Crippen LogP contribution in [0.25, 0.3) is 0 Å². The van der Waals surface area contributed by atoms with Crippen LogP contribution in [0.3, 0.4) is 0 Å². The van der Waals surface area contributed by atoms with E-state index >= 15 is 0 Å². The number of nitrogens with one attached hydrogen (secondary N) is 1. The maximum Gasteiger partial charge on any atom is 0.145 e. The summed E-state index contributed by atoms with van der Waals surface area (Å²) in [6.07, 6.45) is 1.71. The molecule has 1 aromatic heterocycles. The van der Waals surface area contributed by atoms with E-state index in [2.05, 4.69) is 17.2 Å². The SMILES string of the molecule is CNC(C)c1ccc(Oc2cccc(Cl)c2)cn1. The lowest BCUT2D eigenvalue weighted by atomic mass is 10.2. The number of rotatable bonds is 4. The number of aromatic nitrogens is 1. The van der Waals surface area contributed by atoms with E-state index in [9.17, 15) is 0 Å². The summed E-state index contributed by atoms with van der Waals surface area (Å²) >= 11 is 5.89. The van der Waals surface area contributed by atoms with Crippen molar-refractivity contribution >= 4 is 11.6 Å². The van der Waals surface area contributed by atoms with Gasteiger partial charge >= 0.3 is 0 Å². The Balaban J connectivity index is 2.11. The molecule has 0 aliphatic heterocycles. The summed E-state index contributed by atoms with van der Waals surface area (Å²) in [5.74, 6) is 1.41. The Bertz CT molecular complexity index is 513. The molecule has 94 valence electrons. The van der Waals surface area contributed by atoms with Gasteiger partial charge in [-0.05, 0) is 44.3 Å². The van der Waals surface area contributed by atoms with Crippen LogP contribution in [0, 0.1) is 0 Å². The first-order chi connectivity index (χ1) is 8.69. The highest BCUT2D eigenvalue weighted by molar-refractivity contribution is 6.30. The highest BCUT2D eigenvalue weighted by atomic mass is 35.5. The lowest BCUT2D eigenvalue weighted by molar-refractivity contribution is 0.478. The molecule has 2 rings (SSSR count). The van der Waals surface area contributed by atoms with Gasteiger partial charge in [0, 0.05) is 11.1 Å². The van der Waals surface area contributed by atoms with Crippen LogP contribution in [0.15, 0.2) is 42.6 Å². The standard InChI is InChI=1S/C14H15ClN2O/c1-10(16-2)14-7-6-13(9-17-14)18-12-5-3-4-11(15)8-12/h3-10,16H,1-2H3. The Labute approximate surface area is 112 Å². The molecule has 3 nitrogen and oxygen atoms in total. The van der Waals surface area contributed by atoms with Crippen LogP contribution in [-0.4, -0.2) is 12.0 Å². The van der Waals surface area contributed by atoms with Gasteiger partial charge in [-0.3, -0.25) is 4.98 Å². The molecule has 1 atom stereocenters. The second-order valence-electron chi connectivity index (χ2n) is 3.99. The molecule has 0 aliphatic carbocycles. The summed E-state index contributed by atoms with van der Waals surface area (Å²) in [4.78, 5) is 4.35. The van der Waals surface area contributed by atoms with Crippen LogP contribution in [0.1, 0.15) is 18.7 Å². The molecular weight excluding hydrogens is 248 g/mol. The largest absolute Gasteiger partial charge is 0.456 e. The van der Waals surface area contributed by atoms with E-state index in [0.717, 1.165) is 5.69 Å². The van der Waals surface area contributed by atoms with Crippen molar-refractivity contribution in [2.24, 2.45) is 0 Å². The van der Waals surface area contributed by atoms with Crippen molar-refractivity contribution in [2.75, 3.05) is 7.05 Å².